The lowest BCUT2D eigenvalue weighted by atomic mass is 10.2. The number of aromatic nitrogens is 1. The van der Waals surface area contributed by atoms with Gasteiger partial charge in [0.25, 0.3) is 0 Å². The fourth-order valence-electron chi connectivity index (χ4n) is 0.919. The van der Waals surface area contributed by atoms with Gasteiger partial charge in [-0.15, -0.1) is 11.3 Å². The molecule has 0 saturated heterocycles. The molecule has 0 radical (unpaired) electrons. The minimum absolute atomic E-state index is 0.315. The van der Waals surface area contributed by atoms with Gasteiger partial charge in [-0.3, -0.25) is 0 Å². The molecule has 0 fully saturated rings. The third-order valence-corrected chi connectivity index (χ3v) is 2.51. The quantitative estimate of drug-likeness (QED) is 0.681. The van der Waals surface area contributed by atoms with Gasteiger partial charge >= 0.3 is 0 Å². The number of hydrogen-bond acceptors (Lipinski definition) is 2. The zero-order chi connectivity index (χ0) is 9.26. The van der Waals surface area contributed by atoms with Gasteiger partial charge in [-0.25, -0.2) is 4.98 Å². The molecule has 0 saturated carbocycles. The summed E-state index contributed by atoms with van der Waals surface area (Å²) < 4.78 is 7.28. The molecule has 1 nitrogen and oxygen atoms in total. The third kappa shape index (κ3) is 1.49. The number of rotatable bonds is 1. The smallest absolute Gasteiger partial charge is 0.123 e. The van der Waals surface area contributed by atoms with Crippen LogP contribution >= 0.6 is 22.9 Å². The van der Waals surface area contributed by atoms with E-state index in [2.05, 4.69) is 4.98 Å². The van der Waals surface area contributed by atoms with Gasteiger partial charge in [0.2, 0.25) is 0 Å². The highest BCUT2D eigenvalue weighted by Crippen LogP contribution is 2.22. The normalized spacial score (nSPS) is 11.2. The lowest BCUT2D eigenvalue weighted by Crippen LogP contribution is -1.73. The Bertz CT molecular complexity index is 410. The second kappa shape index (κ2) is 3.25. The molecule has 0 aliphatic heterocycles. The molecule has 0 spiro atoms. The average molecular weight is 197 g/mol. The maximum Gasteiger partial charge on any atom is 0.123 e. The first-order valence-electron chi connectivity index (χ1n) is 3.94. The Morgan fingerprint density at radius 2 is 2.08 bits per heavy atom. The number of thiazole rings is 1. The van der Waals surface area contributed by atoms with Gasteiger partial charge in [-0.1, -0.05) is 23.7 Å². The molecule has 3 heteroatoms. The van der Waals surface area contributed by atoms with Crippen molar-refractivity contribution < 1.29 is 1.37 Å². The van der Waals surface area contributed by atoms with Gasteiger partial charge in [0.05, 0.1) is 1.37 Å². The van der Waals surface area contributed by atoms with E-state index >= 15 is 0 Å². The summed E-state index contributed by atoms with van der Waals surface area (Å²) in [7, 11) is 0. The van der Waals surface area contributed by atoms with E-state index < -0.39 is 0 Å². The maximum absolute atomic E-state index is 7.28. The van der Waals surface area contributed by atoms with Crippen LogP contribution < -0.4 is 0 Å². The van der Waals surface area contributed by atoms with Gasteiger partial charge in [-0.05, 0) is 12.1 Å². The van der Waals surface area contributed by atoms with Crippen LogP contribution in [-0.4, -0.2) is 4.98 Å². The van der Waals surface area contributed by atoms with Crippen LogP contribution in [0.5, 0.6) is 0 Å². The largest absolute Gasteiger partial charge is 0.245 e. The highest BCUT2D eigenvalue weighted by molar-refractivity contribution is 7.13. The molecule has 60 valence electrons. The van der Waals surface area contributed by atoms with Crippen LogP contribution in [0.2, 0.25) is 5.02 Å². The molecule has 0 N–H and O–H groups in total. The molecular formula is C9H6ClNS. The topological polar surface area (TPSA) is 12.9 Å². The first kappa shape index (κ1) is 6.63. The van der Waals surface area contributed by atoms with Crippen molar-refractivity contribution in [2.24, 2.45) is 0 Å². The first-order valence-corrected chi connectivity index (χ1v) is 4.69. The number of hydrogen-bond donors (Lipinski definition) is 0. The van der Waals surface area contributed by atoms with Crippen LogP contribution in [0.4, 0.5) is 0 Å². The monoisotopic (exact) mass is 196 g/mol. The second-order valence-electron chi connectivity index (χ2n) is 2.29. The lowest BCUT2D eigenvalue weighted by Gasteiger charge is -1.94. The minimum Gasteiger partial charge on any atom is -0.245 e. The van der Waals surface area contributed by atoms with Crippen LogP contribution in [0.15, 0.2) is 35.8 Å². The summed E-state index contributed by atoms with van der Waals surface area (Å²) in [4.78, 5) is 4.05. The molecule has 0 unspecified atom stereocenters. The molecule has 0 atom stereocenters. The first-order chi connectivity index (χ1) is 6.25. The van der Waals surface area contributed by atoms with E-state index in [4.69, 9.17) is 13.0 Å². The highest BCUT2D eigenvalue weighted by atomic mass is 35.5. The zero-order valence-electron chi connectivity index (χ0n) is 7.12. The van der Waals surface area contributed by atoms with Crippen molar-refractivity contribution in [1.29, 1.82) is 0 Å². The van der Waals surface area contributed by atoms with E-state index in [0.29, 0.717) is 11.2 Å². The second-order valence-corrected chi connectivity index (χ2v) is 3.58. The summed E-state index contributed by atoms with van der Waals surface area (Å²) in [5.41, 5.74) is 1.01. The summed E-state index contributed by atoms with van der Waals surface area (Å²) in [6.45, 7) is 0. The van der Waals surface area contributed by atoms with Crippen molar-refractivity contribution in [2.45, 2.75) is 0 Å². The third-order valence-electron chi connectivity index (χ3n) is 1.48. The number of nitrogens with zero attached hydrogens (tertiary/aromatic N) is 1. The number of benzene rings is 1. The summed E-state index contributed by atoms with van der Waals surface area (Å²) >= 11 is 7.22. The predicted octanol–water partition coefficient (Wildman–Crippen LogP) is 3.46. The summed E-state index contributed by atoms with van der Waals surface area (Å²) in [6, 6.07) is 7.45. The van der Waals surface area contributed by atoms with E-state index in [1.807, 2.05) is 24.3 Å². The molecule has 1 aromatic heterocycles. The standard InChI is InChI=1S/C9H6ClNS/c10-8-3-1-7(2-4-8)9-11-5-6-12-9/h1-6H/i5D. The van der Waals surface area contributed by atoms with E-state index in [0.717, 1.165) is 10.6 Å². The molecule has 1 aromatic carbocycles. The van der Waals surface area contributed by atoms with Crippen LogP contribution in [-0.2, 0) is 0 Å². The SMILES string of the molecule is [2H]c1csc(-c2ccc(Cl)cc2)n1. The van der Waals surface area contributed by atoms with Crippen molar-refractivity contribution in [3.8, 4) is 10.6 Å². The van der Waals surface area contributed by atoms with Crippen molar-refractivity contribution in [1.82, 2.24) is 4.98 Å². The molecule has 1 heterocycles. The summed E-state index contributed by atoms with van der Waals surface area (Å²) in [5, 5.41) is 3.29. The summed E-state index contributed by atoms with van der Waals surface area (Å²) in [6.07, 6.45) is 0.315. The predicted molar refractivity (Wildman–Crippen MR) is 52.6 cm³/mol. The molecular weight excluding hydrogens is 190 g/mol. The average Bonchev–Trinajstić information content (AvgIpc) is 2.53. The van der Waals surface area contributed by atoms with E-state index in [-0.39, 0.29) is 0 Å². The van der Waals surface area contributed by atoms with Gasteiger partial charge in [-0.2, -0.15) is 0 Å². The van der Waals surface area contributed by atoms with Crippen molar-refractivity contribution in [2.75, 3.05) is 0 Å². The molecule has 0 amide bonds. The zero-order valence-corrected chi connectivity index (χ0v) is 7.69. The van der Waals surface area contributed by atoms with Crippen LogP contribution in [0.25, 0.3) is 10.6 Å². The Hall–Kier alpha value is -0.860. The lowest BCUT2D eigenvalue weighted by molar-refractivity contribution is 1.41. The highest BCUT2D eigenvalue weighted by Gasteiger charge is 1.98. The van der Waals surface area contributed by atoms with Crippen LogP contribution in [0.3, 0.4) is 0 Å². The van der Waals surface area contributed by atoms with Crippen molar-refractivity contribution in [3.05, 3.63) is 40.8 Å². The van der Waals surface area contributed by atoms with Gasteiger partial charge in [0, 0.05) is 22.1 Å². The Morgan fingerprint density at radius 3 is 2.67 bits per heavy atom. The van der Waals surface area contributed by atoms with Gasteiger partial charge < -0.3 is 0 Å². The molecule has 2 rings (SSSR count). The Morgan fingerprint density at radius 1 is 1.33 bits per heavy atom. The fourth-order valence-corrected chi connectivity index (χ4v) is 1.64. The number of halogens is 1. The Balaban J connectivity index is 2.41. The van der Waals surface area contributed by atoms with Crippen LogP contribution in [0, 0.1) is 0 Å². The molecule has 2 aromatic rings. The maximum atomic E-state index is 7.28. The van der Waals surface area contributed by atoms with Gasteiger partial charge in [0.15, 0.2) is 0 Å². The van der Waals surface area contributed by atoms with E-state index in [1.54, 1.807) is 5.38 Å². The van der Waals surface area contributed by atoms with E-state index in [1.165, 1.54) is 11.3 Å². The van der Waals surface area contributed by atoms with Gasteiger partial charge in [0.1, 0.15) is 5.01 Å². The molecule has 0 bridgehead atoms. The minimum atomic E-state index is 0.315. The van der Waals surface area contributed by atoms with Crippen LogP contribution in [0.1, 0.15) is 1.37 Å². The molecule has 12 heavy (non-hydrogen) atoms. The van der Waals surface area contributed by atoms with Crippen molar-refractivity contribution >= 4 is 22.9 Å². The summed E-state index contributed by atoms with van der Waals surface area (Å²) in [5.74, 6) is 0. The molecule has 0 aliphatic rings. The fraction of sp³-hybridized carbons (Fsp3) is 0. The Labute approximate surface area is 81.1 Å². The van der Waals surface area contributed by atoms with E-state index in [9.17, 15) is 0 Å². The van der Waals surface area contributed by atoms with Crippen molar-refractivity contribution in [3.63, 3.8) is 0 Å². The molecule has 0 aliphatic carbocycles. The Kier molecular flexibility index (Phi) is 1.80.